The summed E-state index contributed by atoms with van der Waals surface area (Å²) in [6.45, 7) is 6.13. The van der Waals surface area contributed by atoms with Crippen LogP contribution in [-0.2, 0) is 13.1 Å². The topological polar surface area (TPSA) is 46.8 Å². The second-order valence-electron chi connectivity index (χ2n) is 5.45. The molecule has 20 heavy (non-hydrogen) atoms. The molecule has 0 radical (unpaired) electrons. The second-order valence-corrected chi connectivity index (χ2v) is 5.45. The van der Waals surface area contributed by atoms with E-state index in [1.54, 1.807) is 0 Å². The first kappa shape index (κ1) is 13.2. The van der Waals surface area contributed by atoms with Gasteiger partial charge in [0.25, 0.3) is 0 Å². The summed E-state index contributed by atoms with van der Waals surface area (Å²) in [6.07, 6.45) is 2.28. The molecular formula is C15H21N5. The molecule has 1 aliphatic heterocycles. The first-order valence-electron chi connectivity index (χ1n) is 7.39. The van der Waals surface area contributed by atoms with Gasteiger partial charge in [-0.15, -0.1) is 5.10 Å². The van der Waals surface area contributed by atoms with Crippen LogP contribution < -0.4 is 0 Å². The molecule has 0 spiro atoms. The Morgan fingerprint density at radius 3 is 2.90 bits per heavy atom. The van der Waals surface area contributed by atoms with E-state index in [1.165, 1.54) is 12.0 Å². The van der Waals surface area contributed by atoms with Crippen molar-refractivity contribution in [3.05, 3.63) is 41.7 Å². The molecule has 1 aliphatic rings. The van der Waals surface area contributed by atoms with Crippen molar-refractivity contribution in [3.63, 3.8) is 0 Å². The summed E-state index contributed by atoms with van der Waals surface area (Å²) < 4.78 is 1.93. The van der Waals surface area contributed by atoms with Gasteiger partial charge in [-0.05, 0) is 41.3 Å². The molecule has 3 rings (SSSR count). The summed E-state index contributed by atoms with van der Waals surface area (Å²) in [5.41, 5.74) is 1.45. The van der Waals surface area contributed by atoms with Crippen LogP contribution in [0.25, 0.3) is 0 Å². The molecule has 0 amide bonds. The molecule has 2 heterocycles. The van der Waals surface area contributed by atoms with E-state index in [2.05, 4.69) is 57.7 Å². The third kappa shape index (κ3) is 2.88. The van der Waals surface area contributed by atoms with Gasteiger partial charge >= 0.3 is 0 Å². The van der Waals surface area contributed by atoms with Crippen LogP contribution in [0.3, 0.4) is 0 Å². The van der Waals surface area contributed by atoms with Crippen LogP contribution in [0.5, 0.6) is 0 Å². The Bertz CT molecular complexity index is 536. The number of hydrogen-bond donors (Lipinski definition) is 0. The quantitative estimate of drug-likeness (QED) is 0.835. The molecule has 1 aromatic heterocycles. The summed E-state index contributed by atoms with van der Waals surface area (Å²) in [6, 6.07) is 10.8. The van der Waals surface area contributed by atoms with Gasteiger partial charge in [0, 0.05) is 13.1 Å². The van der Waals surface area contributed by atoms with E-state index in [4.69, 9.17) is 0 Å². The van der Waals surface area contributed by atoms with Crippen molar-refractivity contribution in [2.75, 3.05) is 13.1 Å². The smallest absolute Gasteiger partial charge is 0.165 e. The van der Waals surface area contributed by atoms with Gasteiger partial charge in [-0.2, -0.15) is 0 Å². The first-order chi connectivity index (χ1) is 9.86. The molecule has 0 saturated carbocycles. The van der Waals surface area contributed by atoms with Gasteiger partial charge in [-0.3, -0.25) is 4.90 Å². The molecule has 1 atom stereocenters. The molecule has 0 aliphatic carbocycles. The maximum Gasteiger partial charge on any atom is 0.165 e. The predicted molar refractivity (Wildman–Crippen MR) is 77.2 cm³/mol. The van der Waals surface area contributed by atoms with Crippen LogP contribution >= 0.6 is 0 Å². The van der Waals surface area contributed by atoms with E-state index in [0.717, 1.165) is 38.4 Å². The fourth-order valence-corrected chi connectivity index (χ4v) is 2.90. The number of rotatable bonds is 5. The highest BCUT2D eigenvalue weighted by Gasteiger charge is 2.24. The zero-order valence-corrected chi connectivity index (χ0v) is 11.9. The largest absolute Gasteiger partial charge is 0.295 e. The van der Waals surface area contributed by atoms with Crippen LogP contribution in [0, 0.1) is 0 Å². The highest BCUT2D eigenvalue weighted by Crippen LogP contribution is 2.27. The number of hydrogen-bond acceptors (Lipinski definition) is 4. The lowest BCUT2D eigenvalue weighted by Crippen LogP contribution is -2.22. The Labute approximate surface area is 119 Å². The Morgan fingerprint density at radius 1 is 1.25 bits per heavy atom. The van der Waals surface area contributed by atoms with Crippen LogP contribution in [0.4, 0.5) is 0 Å². The highest BCUT2D eigenvalue weighted by atomic mass is 15.5. The molecule has 1 saturated heterocycles. The fourth-order valence-electron chi connectivity index (χ4n) is 2.90. The average molecular weight is 271 g/mol. The lowest BCUT2D eigenvalue weighted by molar-refractivity contribution is 0.309. The molecule has 5 nitrogen and oxygen atoms in total. The summed E-state index contributed by atoms with van der Waals surface area (Å²) in [5, 5.41) is 12.0. The molecule has 5 heteroatoms. The lowest BCUT2D eigenvalue weighted by atomic mass is 9.99. The molecule has 1 fully saturated rings. The molecule has 1 aromatic carbocycles. The van der Waals surface area contributed by atoms with Gasteiger partial charge < -0.3 is 0 Å². The van der Waals surface area contributed by atoms with E-state index < -0.39 is 0 Å². The van der Waals surface area contributed by atoms with Crippen LogP contribution in [0.2, 0.25) is 0 Å². The van der Waals surface area contributed by atoms with E-state index in [-0.39, 0.29) is 0 Å². The summed E-state index contributed by atoms with van der Waals surface area (Å²) in [4.78, 5) is 2.45. The van der Waals surface area contributed by atoms with Crippen LogP contribution in [-0.4, -0.2) is 38.2 Å². The Hall–Kier alpha value is -1.75. The van der Waals surface area contributed by atoms with Crippen LogP contribution in [0.15, 0.2) is 30.3 Å². The van der Waals surface area contributed by atoms with Crippen molar-refractivity contribution in [1.29, 1.82) is 0 Å². The second kappa shape index (κ2) is 6.13. The van der Waals surface area contributed by atoms with Crippen LogP contribution in [0.1, 0.15) is 37.1 Å². The molecule has 106 valence electrons. The van der Waals surface area contributed by atoms with Gasteiger partial charge in [0.15, 0.2) is 5.82 Å². The van der Waals surface area contributed by atoms with Gasteiger partial charge in [0.05, 0.1) is 6.54 Å². The third-order valence-electron chi connectivity index (χ3n) is 3.95. The lowest BCUT2D eigenvalue weighted by Gasteiger charge is -2.15. The minimum atomic E-state index is 0.645. The Kier molecular flexibility index (Phi) is 4.06. The zero-order chi connectivity index (χ0) is 13.8. The molecule has 0 bridgehead atoms. The first-order valence-corrected chi connectivity index (χ1v) is 7.39. The number of aromatic nitrogens is 4. The maximum absolute atomic E-state index is 4.16. The SMILES string of the molecule is CCCn1nnnc1CN1CCC(c2ccccc2)C1. The summed E-state index contributed by atoms with van der Waals surface area (Å²) in [5.74, 6) is 1.63. The number of likely N-dealkylation sites (tertiary alicyclic amines) is 1. The number of benzene rings is 1. The van der Waals surface area contributed by atoms with Gasteiger partial charge in [-0.1, -0.05) is 37.3 Å². The van der Waals surface area contributed by atoms with Gasteiger partial charge in [0.1, 0.15) is 0 Å². The van der Waals surface area contributed by atoms with Gasteiger partial charge in [-0.25, -0.2) is 4.68 Å². The molecule has 0 N–H and O–H groups in total. The molecule has 1 unspecified atom stereocenters. The standard InChI is InChI=1S/C15H21N5/c1-2-9-20-15(16-17-18-20)12-19-10-8-14(11-19)13-6-4-3-5-7-13/h3-7,14H,2,8-12H2,1H3. The summed E-state index contributed by atoms with van der Waals surface area (Å²) in [7, 11) is 0. The predicted octanol–water partition coefficient (Wildman–Crippen LogP) is 2.07. The normalized spacial score (nSPS) is 19.6. The number of tetrazole rings is 1. The van der Waals surface area contributed by atoms with E-state index in [1.807, 2.05) is 4.68 Å². The third-order valence-corrected chi connectivity index (χ3v) is 3.95. The minimum Gasteiger partial charge on any atom is -0.295 e. The van der Waals surface area contributed by atoms with E-state index in [9.17, 15) is 0 Å². The van der Waals surface area contributed by atoms with Crippen molar-refractivity contribution < 1.29 is 0 Å². The molecular weight excluding hydrogens is 250 g/mol. The van der Waals surface area contributed by atoms with Crippen molar-refractivity contribution in [2.24, 2.45) is 0 Å². The monoisotopic (exact) mass is 271 g/mol. The van der Waals surface area contributed by atoms with Crippen molar-refractivity contribution >= 4 is 0 Å². The van der Waals surface area contributed by atoms with Crippen molar-refractivity contribution in [3.8, 4) is 0 Å². The number of aryl methyl sites for hydroxylation is 1. The average Bonchev–Trinajstić information content (AvgIpc) is 3.11. The van der Waals surface area contributed by atoms with Gasteiger partial charge in [0.2, 0.25) is 0 Å². The summed E-state index contributed by atoms with van der Waals surface area (Å²) >= 11 is 0. The Morgan fingerprint density at radius 2 is 2.10 bits per heavy atom. The fraction of sp³-hybridized carbons (Fsp3) is 0.533. The van der Waals surface area contributed by atoms with Crippen molar-refractivity contribution in [2.45, 2.75) is 38.8 Å². The zero-order valence-electron chi connectivity index (χ0n) is 11.9. The minimum absolute atomic E-state index is 0.645. The maximum atomic E-state index is 4.16. The van der Waals surface area contributed by atoms with Crippen molar-refractivity contribution in [1.82, 2.24) is 25.1 Å². The number of nitrogens with zero attached hydrogens (tertiary/aromatic N) is 5. The van der Waals surface area contributed by atoms with E-state index >= 15 is 0 Å². The highest BCUT2D eigenvalue weighted by molar-refractivity contribution is 5.21. The molecule has 2 aromatic rings. The van der Waals surface area contributed by atoms with E-state index in [0.29, 0.717) is 5.92 Å². The Balaban J connectivity index is 1.62.